The summed E-state index contributed by atoms with van der Waals surface area (Å²) in [6.07, 6.45) is 12.9. The van der Waals surface area contributed by atoms with Crippen molar-refractivity contribution in [1.82, 2.24) is 5.32 Å². The first-order valence-corrected chi connectivity index (χ1v) is 9.14. The molecule has 3 unspecified atom stereocenters. The SMILES string of the molecule is CCNC(C=C(C)C)CC12CC3CC(C)(CC(C)(C3)C1)C2. The highest BCUT2D eigenvalue weighted by atomic mass is 14.9. The second-order valence-corrected chi connectivity index (χ2v) is 9.74. The van der Waals surface area contributed by atoms with Crippen molar-refractivity contribution in [1.29, 1.82) is 0 Å². The van der Waals surface area contributed by atoms with Crippen LogP contribution < -0.4 is 5.32 Å². The standard InChI is InChI=1S/C20H35N/c1-6-21-17(7-15(2)3)11-20-10-16-8-18(4,13-20)12-19(5,9-16)14-20/h7,16-17,21H,6,8-14H2,1-5H3. The Morgan fingerprint density at radius 2 is 1.71 bits per heavy atom. The lowest BCUT2D eigenvalue weighted by atomic mass is 9.39. The van der Waals surface area contributed by atoms with Crippen LogP contribution in [0.1, 0.15) is 79.6 Å². The van der Waals surface area contributed by atoms with E-state index >= 15 is 0 Å². The Hall–Kier alpha value is -0.300. The molecule has 0 heterocycles. The van der Waals surface area contributed by atoms with Gasteiger partial charge in [0, 0.05) is 6.04 Å². The normalized spacial score (nSPS) is 45.7. The van der Waals surface area contributed by atoms with Crippen LogP contribution in [0.4, 0.5) is 0 Å². The molecule has 0 saturated heterocycles. The van der Waals surface area contributed by atoms with Crippen molar-refractivity contribution in [3.8, 4) is 0 Å². The van der Waals surface area contributed by atoms with Gasteiger partial charge in [-0.1, -0.05) is 32.4 Å². The van der Waals surface area contributed by atoms with Gasteiger partial charge in [0.15, 0.2) is 0 Å². The zero-order valence-electron chi connectivity index (χ0n) is 14.9. The smallest absolute Gasteiger partial charge is 0.0257 e. The zero-order chi connectivity index (χ0) is 15.3. The number of rotatable bonds is 5. The largest absolute Gasteiger partial charge is 0.311 e. The number of likely N-dealkylation sites (N-methyl/N-ethyl adjacent to an activating group) is 1. The van der Waals surface area contributed by atoms with Crippen LogP contribution in [0.15, 0.2) is 11.6 Å². The lowest BCUT2D eigenvalue weighted by Gasteiger charge is -2.66. The third kappa shape index (κ3) is 3.09. The summed E-state index contributed by atoms with van der Waals surface area (Å²) in [4.78, 5) is 0. The van der Waals surface area contributed by atoms with Crippen LogP contribution >= 0.6 is 0 Å². The maximum atomic E-state index is 3.74. The Morgan fingerprint density at radius 1 is 1.10 bits per heavy atom. The molecular formula is C20H35N. The lowest BCUT2D eigenvalue weighted by Crippen LogP contribution is -2.56. The van der Waals surface area contributed by atoms with Gasteiger partial charge in [-0.05, 0) is 87.5 Å². The summed E-state index contributed by atoms with van der Waals surface area (Å²) < 4.78 is 0. The predicted molar refractivity (Wildman–Crippen MR) is 91.4 cm³/mol. The summed E-state index contributed by atoms with van der Waals surface area (Å²) in [6, 6.07) is 0.587. The average molecular weight is 290 g/mol. The van der Waals surface area contributed by atoms with Gasteiger partial charge in [-0.25, -0.2) is 0 Å². The molecule has 1 nitrogen and oxygen atoms in total. The monoisotopic (exact) mass is 289 g/mol. The van der Waals surface area contributed by atoms with Gasteiger partial charge in [-0.2, -0.15) is 0 Å². The summed E-state index contributed by atoms with van der Waals surface area (Å²) in [6.45, 7) is 13.0. The van der Waals surface area contributed by atoms with Crippen molar-refractivity contribution >= 4 is 0 Å². The van der Waals surface area contributed by atoms with Crippen LogP contribution in [-0.2, 0) is 0 Å². The van der Waals surface area contributed by atoms with Gasteiger partial charge >= 0.3 is 0 Å². The molecule has 4 aliphatic carbocycles. The van der Waals surface area contributed by atoms with Crippen LogP contribution in [0.5, 0.6) is 0 Å². The molecule has 21 heavy (non-hydrogen) atoms. The van der Waals surface area contributed by atoms with E-state index in [9.17, 15) is 0 Å². The highest BCUT2D eigenvalue weighted by Crippen LogP contribution is 2.70. The quantitative estimate of drug-likeness (QED) is 0.676. The maximum absolute atomic E-state index is 3.74. The minimum Gasteiger partial charge on any atom is -0.311 e. The van der Waals surface area contributed by atoms with Crippen LogP contribution in [0.3, 0.4) is 0 Å². The van der Waals surface area contributed by atoms with Gasteiger partial charge in [0.05, 0.1) is 0 Å². The highest BCUT2D eigenvalue weighted by Gasteiger charge is 2.59. The van der Waals surface area contributed by atoms with E-state index in [2.05, 4.69) is 46.0 Å². The molecule has 4 saturated carbocycles. The third-order valence-electron chi connectivity index (χ3n) is 6.40. The van der Waals surface area contributed by atoms with Gasteiger partial charge in [0.2, 0.25) is 0 Å². The summed E-state index contributed by atoms with van der Waals surface area (Å²) in [5.41, 5.74) is 3.39. The van der Waals surface area contributed by atoms with Gasteiger partial charge < -0.3 is 5.32 Å². The van der Waals surface area contributed by atoms with Gasteiger partial charge in [-0.3, -0.25) is 0 Å². The minimum absolute atomic E-state index is 0.587. The van der Waals surface area contributed by atoms with Crippen molar-refractivity contribution in [3.05, 3.63) is 11.6 Å². The molecule has 0 spiro atoms. The minimum atomic E-state index is 0.587. The predicted octanol–water partition coefficient (Wildman–Crippen LogP) is 5.32. The Labute approximate surface area is 132 Å². The molecule has 0 aromatic heterocycles. The van der Waals surface area contributed by atoms with Crippen molar-refractivity contribution in [2.75, 3.05) is 6.54 Å². The molecular weight excluding hydrogens is 254 g/mol. The lowest BCUT2D eigenvalue weighted by molar-refractivity contribution is -0.148. The first kappa shape index (κ1) is 15.6. The van der Waals surface area contributed by atoms with Crippen molar-refractivity contribution < 1.29 is 0 Å². The zero-order valence-corrected chi connectivity index (χ0v) is 14.9. The number of nitrogens with one attached hydrogen (secondary N) is 1. The molecule has 4 bridgehead atoms. The molecule has 0 aromatic rings. The Morgan fingerprint density at radius 3 is 2.19 bits per heavy atom. The number of hydrogen-bond acceptors (Lipinski definition) is 1. The van der Waals surface area contributed by atoms with E-state index in [1.54, 1.807) is 0 Å². The molecule has 0 aromatic carbocycles. The van der Waals surface area contributed by atoms with Crippen LogP contribution in [-0.4, -0.2) is 12.6 Å². The summed E-state index contributed by atoms with van der Waals surface area (Å²) in [5.74, 6) is 1.02. The Balaban J connectivity index is 1.82. The second-order valence-electron chi connectivity index (χ2n) is 9.74. The fourth-order valence-electron chi connectivity index (χ4n) is 7.23. The summed E-state index contributed by atoms with van der Waals surface area (Å²) >= 11 is 0. The van der Waals surface area contributed by atoms with Crippen molar-refractivity contribution in [2.24, 2.45) is 22.2 Å². The van der Waals surface area contributed by atoms with E-state index in [1.807, 2.05) is 0 Å². The molecule has 4 fully saturated rings. The van der Waals surface area contributed by atoms with Crippen LogP contribution in [0, 0.1) is 22.2 Å². The van der Waals surface area contributed by atoms with Gasteiger partial charge in [0.25, 0.3) is 0 Å². The molecule has 0 amide bonds. The fraction of sp³-hybridized carbons (Fsp3) is 0.900. The average Bonchev–Trinajstić information content (AvgIpc) is 2.21. The summed E-state index contributed by atoms with van der Waals surface area (Å²) in [7, 11) is 0. The van der Waals surface area contributed by atoms with E-state index in [0.717, 1.165) is 12.5 Å². The van der Waals surface area contributed by atoms with Gasteiger partial charge in [0.1, 0.15) is 0 Å². The molecule has 3 atom stereocenters. The summed E-state index contributed by atoms with van der Waals surface area (Å²) in [5, 5.41) is 3.74. The van der Waals surface area contributed by atoms with E-state index in [1.165, 1.54) is 50.5 Å². The van der Waals surface area contributed by atoms with Crippen molar-refractivity contribution in [3.63, 3.8) is 0 Å². The molecule has 4 aliphatic rings. The first-order chi connectivity index (χ1) is 9.76. The molecule has 4 rings (SSSR count). The number of allylic oxidation sites excluding steroid dienone is 1. The first-order valence-electron chi connectivity index (χ1n) is 9.14. The Bertz CT molecular complexity index is 413. The topological polar surface area (TPSA) is 12.0 Å². The highest BCUT2D eigenvalue weighted by molar-refractivity contribution is 5.13. The second kappa shape index (κ2) is 5.11. The van der Waals surface area contributed by atoms with E-state index in [-0.39, 0.29) is 0 Å². The molecule has 1 N–H and O–H groups in total. The van der Waals surface area contributed by atoms with E-state index in [0.29, 0.717) is 22.3 Å². The van der Waals surface area contributed by atoms with Crippen LogP contribution in [0.2, 0.25) is 0 Å². The number of hydrogen-bond donors (Lipinski definition) is 1. The molecule has 0 radical (unpaired) electrons. The van der Waals surface area contributed by atoms with E-state index in [4.69, 9.17) is 0 Å². The molecule has 0 aliphatic heterocycles. The third-order valence-corrected chi connectivity index (χ3v) is 6.40. The van der Waals surface area contributed by atoms with Crippen molar-refractivity contribution in [2.45, 2.75) is 85.6 Å². The Kier molecular flexibility index (Phi) is 3.80. The van der Waals surface area contributed by atoms with Crippen LogP contribution in [0.25, 0.3) is 0 Å². The molecule has 120 valence electrons. The van der Waals surface area contributed by atoms with E-state index < -0.39 is 0 Å². The van der Waals surface area contributed by atoms with Gasteiger partial charge in [-0.15, -0.1) is 0 Å². The fourth-order valence-corrected chi connectivity index (χ4v) is 7.23. The maximum Gasteiger partial charge on any atom is 0.0257 e. The molecule has 1 heteroatoms.